The summed E-state index contributed by atoms with van der Waals surface area (Å²) in [6.45, 7) is 8.79. The number of hydrogen-bond acceptors (Lipinski definition) is 3. The monoisotopic (exact) mass is 278 g/mol. The van der Waals surface area contributed by atoms with Gasteiger partial charge in [-0.1, -0.05) is 17.7 Å². The van der Waals surface area contributed by atoms with E-state index in [9.17, 15) is 0 Å². The Labute approximate surface area is 114 Å². The van der Waals surface area contributed by atoms with Crippen molar-refractivity contribution < 1.29 is 0 Å². The van der Waals surface area contributed by atoms with Crippen LogP contribution in [0, 0.1) is 13.5 Å². The van der Waals surface area contributed by atoms with Crippen molar-refractivity contribution in [2.75, 3.05) is 5.32 Å². The van der Waals surface area contributed by atoms with E-state index in [1.165, 1.54) is 0 Å². The van der Waals surface area contributed by atoms with Gasteiger partial charge >= 0.3 is 0 Å². The number of nitrogens with zero attached hydrogens (tertiary/aromatic N) is 3. The van der Waals surface area contributed by atoms with Crippen LogP contribution in [-0.2, 0) is 0 Å². The molecule has 0 aliphatic rings. The normalized spacial score (nSPS) is 9.89. The summed E-state index contributed by atoms with van der Waals surface area (Å²) < 4.78 is 0. The second kappa shape index (κ2) is 5.21. The zero-order valence-electron chi connectivity index (χ0n) is 9.41. The van der Waals surface area contributed by atoms with Crippen molar-refractivity contribution in [3.8, 4) is 0 Å². The maximum atomic E-state index is 6.92. The average Bonchev–Trinajstić information content (AvgIpc) is 2.34. The number of benzene rings is 1. The Kier molecular flexibility index (Phi) is 3.66. The third kappa shape index (κ3) is 2.70. The van der Waals surface area contributed by atoms with E-state index < -0.39 is 0 Å². The Balaban J connectivity index is 2.32. The van der Waals surface area contributed by atoms with Crippen LogP contribution in [0.1, 0.15) is 5.56 Å². The highest BCUT2D eigenvalue weighted by molar-refractivity contribution is 6.33. The maximum Gasteiger partial charge on any atom is 0.224 e. The molecule has 0 aliphatic heterocycles. The van der Waals surface area contributed by atoms with Crippen LogP contribution < -0.4 is 5.32 Å². The van der Waals surface area contributed by atoms with Gasteiger partial charge in [-0.15, -0.1) is 0 Å². The van der Waals surface area contributed by atoms with E-state index in [0.717, 1.165) is 11.3 Å². The van der Waals surface area contributed by atoms with Gasteiger partial charge in [0.15, 0.2) is 0 Å². The summed E-state index contributed by atoms with van der Waals surface area (Å²) >= 11 is 11.7. The molecule has 0 atom stereocenters. The zero-order chi connectivity index (χ0) is 13.1. The molecule has 0 unspecified atom stereocenters. The molecule has 0 saturated carbocycles. The molecule has 1 N–H and O–H groups in total. The minimum atomic E-state index is 0.173. The van der Waals surface area contributed by atoms with E-state index in [1.54, 1.807) is 24.4 Å². The van der Waals surface area contributed by atoms with E-state index in [0.29, 0.717) is 16.5 Å². The smallest absolute Gasteiger partial charge is 0.224 e. The molecular weight excluding hydrogens is 271 g/mol. The van der Waals surface area contributed by atoms with Gasteiger partial charge in [0.05, 0.1) is 6.57 Å². The SMILES string of the molecule is [C-]#[N+]c1ccc(Nc2nc(Cl)ncc2C)cc1Cl. The molecule has 0 saturated heterocycles. The number of anilines is 2. The van der Waals surface area contributed by atoms with Crippen LogP contribution in [0.2, 0.25) is 10.3 Å². The van der Waals surface area contributed by atoms with Crippen molar-refractivity contribution in [2.45, 2.75) is 6.92 Å². The van der Waals surface area contributed by atoms with Gasteiger partial charge in [-0.2, -0.15) is 0 Å². The Morgan fingerprint density at radius 2 is 2.11 bits per heavy atom. The van der Waals surface area contributed by atoms with Crippen molar-refractivity contribution in [1.82, 2.24) is 9.97 Å². The summed E-state index contributed by atoms with van der Waals surface area (Å²) in [5.41, 5.74) is 2.02. The van der Waals surface area contributed by atoms with Gasteiger partial charge in [0.2, 0.25) is 11.0 Å². The molecule has 0 radical (unpaired) electrons. The van der Waals surface area contributed by atoms with Gasteiger partial charge in [-0.3, -0.25) is 0 Å². The van der Waals surface area contributed by atoms with Crippen molar-refractivity contribution >= 4 is 40.4 Å². The highest BCUT2D eigenvalue weighted by atomic mass is 35.5. The summed E-state index contributed by atoms with van der Waals surface area (Å²) in [6, 6.07) is 5.08. The molecule has 0 spiro atoms. The van der Waals surface area contributed by atoms with E-state index >= 15 is 0 Å². The Morgan fingerprint density at radius 3 is 2.78 bits per heavy atom. The highest BCUT2D eigenvalue weighted by Crippen LogP contribution is 2.29. The fourth-order valence-electron chi connectivity index (χ4n) is 1.36. The Hall–Kier alpha value is -1.83. The predicted octanol–water partition coefficient (Wildman–Crippen LogP) is 4.39. The van der Waals surface area contributed by atoms with Gasteiger partial charge in [0.25, 0.3) is 0 Å². The molecule has 2 rings (SSSR count). The topological polar surface area (TPSA) is 42.2 Å². The third-order valence-electron chi connectivity index (χ3n) is 2.27. The van der Waals surface area contributed by atoms with E-state index in [4.69, 9.17) is 29.8 Å². The average molecular weight is 279 g/mol. The lowest BCUT2D eigenvalue weighted by Gasteiger charge is -2.09. The molecule has 90 valence electrons. The molecule has 1 heterocycles. The first-order valence-electron chi connectivity index (χ1n) is 5.03. The maximum absolute atomic E-state index is 6.92. The molecule has 1 aromatic carbocycles. The van der Waals surface area contributed by atoms with Gasteiger partial charge < -0.3 is 5.32 Å². The Morgan fingerprint density at radius 1 is 1.33 bits per heavy atom. The lowest BCUT2D eigenvalue weighted by atomic mass is 10.2. The minimum absolute atomic E-state index is 0.173. The van der Waals surface area contributed by atoms with Gasteiger partial charge in [-0.25, -0.2) is 14.8 Å². The summed E-state index contributed by atoms with van der Waals surface area (Å²) in [7, 11) is 0. The predicted molar refractivity (Wildman–Crippen MR) is 72.8 cm³/mol. The van der Waals surface area contributed by atoms with E-state index in [1.807, 2.05) is 6.92 Å². The molecule has 0 fully saturated rings. The zero-order valence-corrected chi connectivity index (χ0v) is 10.9. The van der Waals surface area contributed by atoms with Crippen molar-refractivity contribution in [3.63, 3.8) is 0 Å². The van der Waals surface area contributed by atoms with Crippen molar-refractivity contribution in [3.05, 3.63) is 51.7 Å². The molecule has 0 bridgehead atoms. The number of hydrogen-bond donors (Lipinski definition) is 1. The molecule has 0 aliphatic carbocycles. The molecule has 1 aromatic heterocycles. The van der Waals surface area contributed by atoms with Crippen LogP contribution in [0.25, 0.3) is 4.85 Å². The second-order valence-corrected chi connectivity index (χ2v) is 4.32. The van der Waals surface area contributed by atoms with Crippen LogP contribution in [0.5, 0.6) is 0 Å². The number of aromatic nitrogens is 2. The van der Waals surface area contributed by atoms with E-state index in [2.05, 4.69) is 20.1 Å². The molecule has 18 heavy (non-hydrogen) atoms. The highest BCUT2D eigenvalue weighted by Gasteiger charge is 2.05. The molecule has 2 aromatic rings. The first-order valence-corrected chi connectivity index (χ1v) is 5.79. The van der Waals surface area contributed by atoms with Crippen molar-refractivity contribution in [1.29, 1.82) is 0 Å². The van der Waals surface area contributed by atoms with Crippen LogP contribution in [-0.4, -0.2) is 9.97 Å². The first kappa shape index (κ1) is 12.6. The van der Waals surface area contributed by atoms with E-state index in [-0.39, 0.29) is 5.28 Å². The quantitative estimate of drug-likeness (QED) is 0.655. The fourth-order valence-corrected chi connectivity index (χ4v) is 1.72. The number of rotatable bonds is 2. The molecule has 6 heteroatoms. The number of halogens is 2. The van der Waals surface area contributed by atoms with Crippen LogP contribution >= 0.6 is 23.2 Å². The van der Waals surface area contributed by atoms with Gasteiger partial charge in [0.1, 0.15) is 5.82 Å². The minimum Gasteiger partial charge on any atom is -0.340 e. The number of nitrogens with one attached hydrogen (secondary N) is 1. The summed E-state index contributed by atoms with van der Waals surface area (Å²) in [6.07, 6.45) is 1.63. The summed E-state index contributed by atoms with van der Waals surface area (Å²) in [4.78, 5) is 11.2. The van der Waals surface area contributed by atoms with Crippen LogP contribution in [0.3, 0.4) is 0 Å². The van der Waals surface area contributed by atoms with Crippen molar-refractivity contribution in [2.24, 2.45) is 0 Å². The van der Waals surface area contributed by atoms with Gasteiger partial charge in [-0.05, 0) is 30.7 Å². The summed E-state index contributed by atoms with van der Waals surface area (Å²) in [5.74, 6) is 0.613. The standard InChI is InChI=1S/C12H8Cl2N4/c1-7-6-16-12(14)18-11(7)17-8-3-4-10(15-2)9(13)5-8/h3-6H,1H3,(H,16,17,18). The van der Waals surface area contributed by atoms with Crippen LogP contribution in [0.15, 0.2) is 24.4 Å². The molecular formula is C12H8Cl2N4. The Bertz CT molecular complexity index is 634. The lowest BCUT2D eigenvalue weighted by Crippen LogP contribution is -1.97. The molecule has 0 amide bonds. The lowest BCUT2D eigenvalue weighted by molar-refractivity contribution is 1.13. The second-order valence-electron chi connectivity index (χ2n) is 3.57. The number of aryl methyl sites for hydroxylation is 1. The van der Waals surface area contributed by atoms with Crippen LogP contribution in [0.4, 0.5) is 17.2 Å². The largest absolute Gasteiger partial charge is 0.340 e. The summed E-state index contributed by atoms with van der Waals surface area (Å²) in [5, 5.41) is 3.65. The first-order chi connectivity index (χ1) is 8.60. The molecule has 4 nitrogen and oxygen atoms in total. The fraction of sp³-hybridized carbons (Fsp3) is 0.0833. The third-order valence-corrected chi connectivity index (χ3v) is 2.76. The van der Waals surface area contributed by atoms with Gasteiger partial charge in [0, 0.05) is 22.5 Å².